The van der Waals surface area contributed by atoms with Crippen LogP contribution >= 0.6 is 0 Å². The third-order valence-corrected chi connectivity index (χ3v) is 4.93. The highest BCUT2D eigenvalue weighted by Gasteiger charge is 2.34. The van der Waals surface area contributed by atoms with Crippen molar-refractivity contribution in [3.8, 4) is 11.1 Å². The molecule has 3 N–H and O–H groups in total. The third kappa shape index (κ3) is 4.29. The molecule has 10 heteroatoms. The number of aromatic nitrogens is 3. The van der Waals surface area contributed by atoms with E-state index in [2.05, 4.69) is 20.7 Å². The molecule has 0 aliphatic heterocycles. The summed E-state index contributed by atoms with van der Waals surface area (Å²) in [5, 5.41) is 10.0. The largest absolute Gasteiger partial charge is 0.419 e. The van der Waals surface area contributed by atoms with Crippen LogP contribution < -0.4 is 10.6 Å². The lowest BCUT2D eigenvalue weighted by Crippen LogP contribution is -2.19. The van der Waals surface area contributed by atoms with Crippen LogP contribution in [0.1, 0.15) is 25.5 Å². The van der Waals surface area contributed by atoms with Crippen molar-refractivity contribution in [2.75, 3.05) is 10.6 Å². The van der Waals surface area contributed by atoms with Gasteiger partial charge < -0.3 is 15.6 Å². The number of fused-ring (bicyclic) bond motifs is 1. The summed E-state index contributed by atoms with van der Waals surface area (Å²) in [6.07, 6.45) is 0.474. The molecular formula is C22H19F4N5O. The fraction of sp³-hybridized carbons (Fsp3) is 0.182. The first-order chi connectivity index (χ1) is 15.1. The van der Waals surface area contributed by atoms with Crippen LogP contribution in [-0.4, -0.2) is 20.8 Å². The first-order valence-corrected chi connectivity index (χ1v) is 9.72. The minimum Gasteiger partial charge on any atom is -0.359 e. The Labute approximate surface area is 180 Å². The lowest BCUT2D eigenvalue weighted by Gasteiger charge is -2.11. The number of urea groups is 1. The molecule has 4 rings (SSSR count). The van der Waals surface area contributed by atoms with E-state index in [1.165, 1.54) is 0 Å². The molecule has 0 aliphatic carbocycles. The fourth-order valence-corrected chi connectivity index (χ4v) is 3.28. The van der Waals surface area contributed by atoms with Crippen LogP contribution in [-0.2, 0) is 6.18 Å². The van der Waals surface area contributed by atoms with Crippen molar-refractivity contribution in [2.24, 2.45) is 0 Å². The Morgan fingerprint density at radius 3 is 2.53 bits per heavy atom. The van der Waals surface area contributed by atoms with Gasteiger partial charge in [-0.05, 0) is 49.7 Å². The summed E-state index contributed by atoms with van der Waals surface area (Å²) >= 11 is 0. The lowest BCUT2D eigenvalue weighted by molar-refractivity contribution is -0.139. The number of alkyl halides is 3. The van der Waals surface area contributed by atoms with Crippen LogP contribution in [0.4, 0.5) is 33.7 Å². The molecule has 2 aromatic heterocycles. The Morgan fingerprint density at radius 2 is 1.88 bits per heavy atom. The highest BCUT2D eigenvalue weighted by molar-refractivity contribution is 6.06. The minimum atomic E-state index is -4.81. The molecule has 2 heterocycles. The summed E-state index contributed by atoms with van der Waals surface area (Å²) in [5.74, 6) is -1.46. The van der Waals surface area contributed by atoms with E-state index >= 15 is 0 Å². The topological polar surface area (TPSA) is 74.7 Å². The number of anilines is 2. The maximum Gasteiger partial charge on any atom is 0.419 e. The average Bonchev–Trinajstić information content (AvgIpc) is 3.34. The summed E-state index contributed by atoms with van der Waals surface area (Å²) in [7, 11) is 0. The van der Waals surface area contributed by atoms with Gasteiger partial charge >= 0.3 is 12.2 Å². The molecule has 0 bridgehead atoms. The number of aromatic amines is 1. The second-order valence-electron chi connectivity index (χ2n) is 7.54. The van der Waals surface area contributed by atoms with Crippen LogP contribution in [0, 0.1) is 5.82 Å². The first-order valence-electron chi connectivity index (χ1n) is 9.72. The van der Waals surface area contributed by atoms with Gasteiger partial charge in [0.15, 0.2) is 0 Å². The van der Waals surface area contributed by atoms with Crippen molar-refractivity contribution < 1.29 is 22.4 Å². The molecule has 4 aromatic rings. The number of amides is 2. The number of hydrogen-bond acceptors (Lipinski definition) is 2. The van der Waals surface area contributed by atoms with Gasteiger partial charge in [0.2, 0.25) is 0 Å². The maximum atomic E-state index is 13.7. The Bertz CT molecular complexity index is 1290. The summed E-state index contributed by atoms with van der Waals surface area (Å²) in [6, 6.07) is 7.38. The normalized spacial score (nSPS) is 11.8. The molecule has 0 atom stereocenters. The molecule has 6 nitrogen and oxygen atoms in total. The van der Waals surface area contributed by atoms with Crippen molar-refractivity contribution in [3.05, 3.63) is 66.4 Å². The van der Waals surface area contributed by atoms with Crippen LogP contribution in [0.3, 0.4) is 0 Å². The lowest BCUT2D eigenvalue weighted by atomic mass is 10.1. The van der Waals surface area contributed by atoms with Crippen LogP contribution in [0.5, 0.6) is 0 Å². The van der Waals surface area contributed by atoms with Crippen LogP contribution in [0.2, 0.25) is 0 Å². The average molecular weight is 445 g/mol. The quantitative estimate of drug-likeness (QED) is 0.317. The van der Waals surface area contributed by atoms with Crippen molar-refractivity contribution >= 4 is 28.3 Å². The highest BCUT2D eigenvalue weighted by Crippen LogP contribution is 2.33. The van der Waals surface area contributed by atoms with Gasteiger partial charge in [-0.3, -0.25) is 4.68 Å². The molecule has 0 fully saturated rings. The zero-order valence-corrected chi connectivity index (χ0v) is 17.1. The number of rotatable bonds is 4. The van der Waals surface area contributed by atoms with Gasteiger partial charge in [-0.15, -0.1) is 0 Å². The number of carbonyl (C=O) groups is 1. The summed E-state index contributed by atoms with van der Waals surface area (Å²) in [6.45, 7) is 4.05. The zero-order valence-electron chi connectivity index (χ0n) is 17.1. The molecular weight excluding hydrogens is 426 g/mol. The Kier molecular flexibility index (Phi) is 5.37. The van der Waals surface area contributed by atoms with E-state index in [1.807, 2.05) is 42.9 Å². The van der Waals surface area contributed by atoms with E-state index in [4.69, 9.17) is 0 Å². The number of benzene rings is 2. The minimum absolute atomic E-state index is 0.102. The Morgan fingerprint density at radius 1 is 1.09 bits per heavy atom. The highest BCUT2D eigenvalue weighted by atomic mass is 19.4. The standard InChI is InChI=1S/C22H19F4N5O/c1-12(2)31-11-14(9-28-31)13-3-6-19-16(7-13)20(10-27-19)30-21(32)29-15-4-5-17(18(23)8-15)22(24,25)26/h3-12,27H,1-2H3,(H2,29,30,32). The molecule has 0 unspecified atom stereocenters. The number of hydrogen-bond donors (Lipinski definition) is 3. The van der Waals surface area contributed by atoms with Crippen molar-refractivity contribution in [2.45, 2.75) is 26.1 Å². The summed E-state index contributed by atoms with van der Waals surface area (Å²) < 4.78 is 53.6. The third-order valence-electron chi connectivity index (χ3n) is 4.93. The molecule has 0 saturated carbocycles. The molecule has 32 heavy (non-hydrogen) atoms. The van der Waals surface area contributed by atoms with E-state index in [-0.39, 0.29) is 11.7 Å². The van der Waals surface area contributed by atoms with Gasteiger partial charge in [0.1, 0.15) is 5.82 Å². The molecule has 2 amide bonds. The second kappa shape index (κ2) is 8.03. The molecule has 0 radical (unpaired) electrons. The Balaban J connectivity index is 1.54. The molecule has 0 spiro atoms. The molecule has 166 valence electrons. The van der Waals surface area contributed by atoms with E-state index < -0.39 is 23.6 Å². The van der Waals surface area contributed by atoms with Crippen LogP contribution in [0.15, 0.2) is 55.0 Å². The number of halogens is 4. The maximum absolute atomic E-state index is 13.7. The number of carbonyl (C=O) groups excluding carboxylic acids is 1. The predicted octanol–water partition coefficient (Wildman–Crippen LogP) is 6.41. The SMILES string of the molecule is CC(C)n1cc(-c2ccc3[nH]cc(NC(=O)Nc4ccc(C(F)(F)F)c(F)c4)c3c2)cn1. The Hall–Kier alpha value is -3.82. The van der Waals surface area contributed by atoms with Crippen molar-refractivity contribution in [1.82, 2.24) is 14.8 Å². The van der Waals surface area contributed by atoms with Gasteiger partial charge in [-0.2, -0.15) is 18.3 Å². The predicted molar refractivity (Wildman–Crippen MR) is 114 cm³/mol. The number of nitrogens with zero attached hydrogens (tertiary/aromatic N) is 2. The molecule has 0 aliphatic rings. The summed E-state index contributed by atoms with van der Waals surface area (Å²) in [5.41, 5.74) is 1.56. The van der Waals surface area contributed by atoms with E-state index in [0.29, 0.717) is 17.8 Å². The van der Waals surface area contributed by atoms with Gasteiger partial charge in [0, 0.05) is 40.6 Å². The van der Waals surface area contributed by atoms with Crippen molar-refractivity contribution in [1.29, 1.82) is 0 Å². The van der Waals surface area contributed by atoms with Crippen LogP contribution in [0.25, 0.3) is 22.0 Å². The van der Waals surface area contributed by atoms with E-state index in [1.54, 1.807) is 12.4 Å². The smallest absolute Gasteiger partial charge is 0.359 e. The van der Waals surface area contributed by atoms with E-state index in [9.17, 15) is 22.4 Å². The monoisotopic (exact) mass is 445 g/mol. The van der Waals surface area contributed by atoms with Gasteiger partial charge in [-0.1, -0.05) is 6.07 Å². The molecule has 0 saturated heterocycles. The van der Waals surface area contributed by atoms with E-state index in [0.717, 1.165) is 28.1 Å². The second-order valence-corrected chi connectivity index (χ2v) is 7.54. The van der Waals surface area contributed by atoms with Gasteiger partial charge in [0.05, 0.1) is 17.4 Å². The van der Waals surface area contributed by atoms with Crippen molar-refractivity contribution in [3.63, 3.8) is 0 Å². The number of nitrogens with one attached hydrogen (secondary N) is 3. The molecule has 2 aromatic carbocycles. The summed E-state index contributed by atoms with van der Waals surface area (Å²) in [4.78, 5) is 15.4. The number of H-pyrrole nitrogens is 1. The first kappa shape index (κ1) is 21.4. The van der Waals surface area contributed by atoms with Gasteiger partial charge in [0.25, 0.3) is 0 Å². The van der Waals surface area contributed by atoms with Gasteiger partial charge in [-0.25, -0.2) is 9.18 Å². The zero-order chi connectivity index (χ0) is 23.0. The fourth-order valence-electron chi connectivity index (χ4n) is 3.28.